The molecule has 1 heteroatoms. The quantitative estimate of drug-likeness (QED) is 0.148. The Bertz CT molecular complexity index is 222. The number of hydrogen-bond acceptors (Lipinski definition) is 0. The first-order valence-electron chi connectivity index (χ1n) is 12.1. The molecule has 152 valence electrons. The van der Waals surface area contributed by atoms with Gasteiger partial charge >= 0.3 is 0 Å². The van der Waals surface area contributed by atoms with E-state index in [4.69, 9.17) is 0 Å². The summed E-state index contributed by atoms with van der Waals surface area (Å²) < 4.78 is 0. The molecule has 0 atom stereocenters. The highest BCUT2D eigenvalue weighted by Gasteiger charge is 2.34. The van der Waals surface area contributed by atoms with Crippen molar-refractivity contribution in [2.45, 2.75) is 130 Å². The predicted molar refractivity (Wildman–Crippen MR) is 123 cm³/mol. The second-order valence-corrected chi connectivity index (χ2v) is 13.0. The Labute approximate surface area is 162 Å². The van der Waals surface area contributed by atoms with Gasteiger partial charge in [-0.1, -0.05) is 98.3 Å². The Morgan fingerprint density at radius 3 is 0.920 bits per heavy atom. The summed E-state index contributed by atoms with van der Waals surface area (Å²) >= 11 is 0. The van der Waals surface area contributed by atoms with Gasteiger partial charge in [0.25, 0.3) is 0 Å². The SMILES string of the molecule is CCCCCCCCC[P+](CCCCC)(CCCCC)CCCCC. The Morgan fingerprint density at radius 2 is 0.560 bits per heavy atom. The summed E-state index contributed by atoms with van der Waals surface area (Å²) in [5.41, 5.74) is 0. The first-order chi connectivity index (χ1) is 12.2. The highest BCUT2D eigenvalue weighted by Crippen LogP contribution is 2.61. The standard InChI is InChI=1S/C24H52P/c1-5-9-13-14-15-16-20-24-25(21-17-10-6-2,22-18-11-7-3)23-19-12-8-4/h5-24H2,1-4H3/q+1. The molecule has 0 radical (unpaired) electrons. The van der Waals surface area contributed by atoms with Gasteiger partial charge < -0.3 is 0 Å². The molecule has 0 amide bonds. The average Bonchev–Trinajstić information content (AvgIpc) is 2.61. The second-order valence-electron chi connectivity index (χ2n) is 8.48. The lowest BCUT2D eigenvalue weighted by atomic mass is 10.1. The molecule has 0 N–H and O–H groups in total. The minimum atomic E-state index is -0.647. The van der Waals surface area contributed by atoms with Gasteiger partial charge in [-0.05, 0) is 32.1 Å². The van der Waals surface area contributed by atoms with Crippen LogP contribution in [0, 0.1) is 0 Å². The van der Waals surface area contributed by atoms with Gasteiger partial charge in [0.05, 0.1) is 24.6 Å². The molecule has 0 aromatic carbocycles. The minimum Gasteiger partial charge on any atom is -0.0654 e. The topological polar surface area (TPSA) is 0 Å². The van der Waals surface area contributed by atoms with Crippen LogP contribution in [0.5, 0.6) is 0 Å². The Morgan fingerprint density at radius 1 is 0.320 bits per heavy atom. The van der Waals surface area contributed by atoms with Crippen LogP contribution in [0.3, 0.4) is 0 Å². The van der Waals surface area contributed by atoms with Crippen LogP contribution in [0.15, 0.2) is 0 Å². The molecular weight excluding hydrogens is 319 g/mol. The van der Waals surface area contributed by atoms with Crippen LogP contribution in [0.1, 0.15) is 130 Å². The van der Waals surface area contributed by atoms with Gasteiger partial charge in [0.15, 0.2) is 0 Å². The first kappa shape index (κ1) is 25.4. The average molecular weight is 372 g/mol. The van der Waals surface area contributed by atoms with E-state index in [1.165, 1.54) is 96.3 Å². The number of unbranched alkanes of at least 4 members (excludes halogenated alkanes) is 12. The zero-order valence-corrected chi connectivity index (χ0v) is 19.5. The van der Waals surface area contributed by atoms with E-state index in [0.717, 1.165) is 0 Å². The highest BCUT2D eigenvalue weighted by atomic mass is 31.2. The van der Waals surface area contributed by atoms with Crippen molar-refractivity contribution >= 4 is 7.26 Å². The van der Waals surface area contributed by atoms with Crippen LogP contribution in [0.4, 0.5) is 0 Å². The van der Waals surface area contributed by atoms with Gasteiger partial charge in [-0.25, -0.2) is 0 Å². The van der Waals surface area contributed by atoms with Gasteiger partial charge in [-0.15, -0.1) is 0 Å². The van der Waals surface area contributed by atoms with E-state index >= 15 is 0 Å². The smallest absolute Gasteiger partial charge is 0.0594 e. The van der Waals surface area contributed by atoms with Crippen molar-refractivity contribution in [1.82, 2.24) is 0 Å². The molecule has 0 nitrogen and oxygen atoms in total. The van der Waals surface area contributed by atoms with Gasteiger partial charge in [-0.3, -0.25) is 0 Å². The number of rotatable bonds is 20. The van der Waals surface area contributed by atoms with Crippen LogP contribution in [-0.4, -0.2) is 24.6 Å². The van der Waals surface area contributed by atoms with E-state index in [9.17, 15) is 0 Å². The van der Waals surface area contributed by atoms with E-state index in [1.54, 1.807) is 31.1 Å². The lowest BCUT2D eigenvalue weighted by Crippen LogP contribution is -2.13. The normalized spacial score (nSPS) is 12.0. The molecule has 0 fully saturated rings. The summed E-state index contributed by atoms with van der Waals surface area (Å²) in [6, 6.07) is 0. The summed E-state index contributed by atoms with van der Waals surface area (Å²) in [5, 5.41) is 0. The lowest BCUT2D eigenvalue weighted by molar-refractivity contribution is 0.602. The fourth-order valence-electron chi connectivity index (χ4n) is 4.17. The fourth-order valence-corrected chi connectivity index (χ4v) is 9.09. The first-order valence-corrected chi connectivity index (χ1v) is 14.6. The highest BCUT2D eigenvalue weighted by molar-refractivity contribution is 7.75. The summed E-state index contributed by atoms with van der Waals surface area (Å²) in [4.78, 5) is 0. The zero-order chi connectivity index (χ0) is 18.6. The zero-order valence-electron chi connectivity index (χ0n) is 18.6. The molecule has 0 saturated heterocycles. The van der Waals surface area contributed by atoms with Crippen LogP contribution in [0.25, 0.3) is 0 Å². The Hall–Kier alpha value is 0.430. The van der Waals surface area contributed by atoms with Crippen molar-refractivity contribution in [3.8, 4) is 0 Å². The van der Waals surface area contributed by atoms with E-state index in [0.29, 0.717) is 0 Å². The molecule has 0 aliphatic rings. The molecule has 0 unspecified atom stereocenters. The van der Waals surface area contributed by atoms with Crippen LogP contribution in [-0.2, 0) is 0 Å². The molecule has 0 saturated carbocycles. The molecule has 0 aliphatic heterocycles. The van der Waals surface area contributed by atoms with Gasteiger partial charge in [0, 0.05) is 7.26 Å². The van der Waals surface area contributed by atoms with Crippen molar-refractivity contribution in [2.24, 2.45) is 0 Å². The van der Waals surface area contributed by atoms with Crippen molar-refractivity contribution in [3.05, 3.63) is 0 Å². The van der Waals surface area contributed by atoms with E-state index < -0.39 is 7.26 Å². The van der Waals surface area contributed by atoms with Crippen molar-refractivity contribution in [1.29, 1.82) is 0 Å². The molecule has 0 aromatic rings. The molecule has 0 aliphatic carbocycles. The maximum Gasteiger partial charge on any atom is 0.0594 e. The molecular formula is C24H52P+. The van der Waals surface area contributed by atoms with Gasteiger partial charge in [0.1, 0.15) is 0 Å². The third kappa shape index (κ3) is 15.2. The van der Waals surface area contributed by atoms with Crippen molar-refractivity contribution in [3.63, 3.8) is 0 Å². The number of hydrogen-bond donors (Lipinski definition) is 0. The van der Waals surface area contributed by atoms with Gasteiger partial charge in [-0.2, -0.15) is 0 Å². The third-order valence-corrected chi connectivity index (χ3v) is 11.0. The van der Waals surface area contributed by atoms with Crippen molar-refractivity contribution < 1.29 is 0 Å². The summed E-state index contributed by atoms with van der Waals surface area (Å²) in [6.45, 7) is 9.42. The second kappa shape index (κ2) is 19.2. The summed E-state index contributed by atoms with van der Waals surface area (Å²) in [7, 11) is -0.647. The maximum atomic E-state index is 2.37. The predicted octanol–water partition coefficient (Wildman–Crippen LogP) is 9.33. The monoisotopic (exact) mass is 371 g/mol. The Balaban J connectivity index is 4.43. The van der Waals surface area contributed by atoms with Crippen molar-refractivity contribution in [2.75, 3.05) is 24.6 Å². The van der Waals surface area contributed by atoms with E-state index in [2.05, 4.69) is 27.7 Å². The fraction of sp³-hybridized carbons (Fsp3) is 1.00. The maximum absolute atomic E-state index is 2.37. The molecule has 25 heavy (non-hydrogen) atoms. The lowest BCUT2D eigenvalue weighted by Gasteiger charge is -2.28. The molecule has 0 rings (SSSR count). The van der Waals surface area contributed by atoms with Crippen LogP contribution >= 0.6 is 7.26 Å². The molecule has 0 heterocycles. The summed E-state index contributed by atoms with van der Waals surface area (Å²) in [5.74, 6) is 0. The van der Waals surface area contributed by atoms with E-state index in [1.807, 2.05) is 0 Å². The Kier molecular flexibility index (Phi) is 19.5. The van der Waals surface area contributed by atoms with E-state index in [-0.39, 0.29) is 0 Å². The molecule has 0 bridgehead atoms. The van der Waals surface area contributed by atoms with Crippen LogP contribution in [0.2, 0.25) is 0 Å². The molecule has 0 aromatic heterocycles. The largest absolute Gasteiger partial charge is 0.0654 e. The minimum absolute atomic E-state index is 0.647. The molecule has 0 spiro atoms. The third-order valence-electron chi connectivity index (χ3n) is 5.94. The van der Waals surface area contributed by atoms with Crippen LogP contribution < -0.4 is 0 Å². The summed E-state index contributed by atoms with van der Waals surface area (Å²) in [6.07, 6.45) is 30.0. The van der Waals surface area contributed by atoms with Gasteiger partial charge in [0.2, 0.25) is 0 Å².